The van der Waals surface area contributed by atoms with Gasteiger partial charge in [-0.2, -0.15) is 18.3 Å². The molecule has 1 aromatic heterocycles. The van der Waals surface area contributed by atoms with Gasteiger partial charge in [-0.1, -0.05) is 30.1 Å². The fourth-order valence-electron chi connectivity index (χ4n) is 3.66. The first kappa shape index (κ1) is 24.7. The van der Waals surface area contributed by atoms with Crippen molar-refractivity contribution >= 4 is 29.1 Å². The van der Waals surface area contributed by atoms with Crippen molar-refractivity contribution in [2.45, 2.75) is 39.0 Å². The van der Waals surface area contributed by atoms with Gasteiger partial charge in [-0.3, -0.25) is 9.89 Å². The summed E-state index contributed by atoms with van der Waals surface area (Å²) in [5.41, 5.74) is -0.851. The van der Waals surface area contributed by atoms with Crippen LogP contribution in [-0.4, -0.2) is 53.3 Å². The highest BCUT2D eigenvalue weighted by Gasteiger charge is 2.37. The molecule has 6 nitrogen and oxygen atoms in total. The highest BCUT2D eigenvalue weighted by molar-refractivity contribution is 6.36. The molecular formula is C21H25Cl2F3N4O2. The second-order valence-corrected chi connectivity index (χ2v) is 8.86. The molecule has 32 heavy (non-hydrogen) atoms. The van der Waals surface area contributed by atoms with Crippen LogP contribution in [0.5, 0.6) is 5.75 Å². The van der Waals surface area contributed by atoms with Crippen molar-refractivity contribution in [3.05, 3.63) is 45.2 Å². The minimum absolute atomic E-state index is 0.0428. The van der Waals surface area contributed by atoms with E-state index in [-0.39, 0.29) is 18.6 Å². The molecule has 1 atom stereocenters. The summed E-state index contributed by atoms with van der Waals surface area (Å²) in [5.74, 6) is -0.105. The fraction of sp³-hybridized carbons (Fsp3) is 0.524. The molecule has 0 radical (unpaired) electrons. The Labute approximate surface area is 194 Å². The summed E-state index contributed by atoms with van der Waals surface area (Å²) in [5, 5.41) is 8.87. The van der Waals surface area contributed by atoms with Crippen molar-refractivity contribution in [2.75, 3.05) is 26.2 Å². The third-order valence-corrected chi connectivity index (χ3v) is 6.34. The number of aromatic nitrogens is 2. The number of alkyl halides is 3. The van der Waals surface area contributed by atoms with E-state index in [9.17, 15) is 18.0 Å². The molecule has 1 fully saturated rings. The second-order valence-electron chi connectivity index (χ2n) is 8.07. The number of carbonyl (C=O) groups excluding carboxylic acids is 1. The topological polar surface area (TPSA) is 70.2 Å². The van der Waals surface area contributed by atoms with Gasteiger partial charge in [0.1, 0.15) is 11.9 Å². The summed E-state index contributed by atoms with van der Waals surface area (Å²) in [6.07, 6.45) is -2.08. The average molecular weight is 493 g/mol. The van der Waals surface area contributed by atoms with Crippen molar-refractivity contribution in [3.63, 3.8) is 0 Å². The normalized spacial score (nSPS) is 16.7. The highest BCUT2D eigenvalue weighted by atomic mass is 35.5. The average Bonchev–Trinajstić information content (AvgIpc) is 3.24. The van der Waals surface area contributed by atoms with E-state index >= 15 is 0 Å². The summed E-state index contributed by atoms with van der Waals surface area (Å²) >= 11 is 12.4. The van der Waals surface area contributed by atoms with Gasteiger partial charge in [0, 0.05) is 31.2 Å². The zero-order valence-electron chi connectivity index (χ0n) is 17.7. The Morgan fingerprint density at radius 2 is 2.03 bits per heavy atom. The lowest BCUT2D eigenvalue weighted by Gasteiger charge is -2.34. The maximum absolute atomic E-state index is 12.9. The zero-order valence-corrected chi connectivity index (χ0v) is 19.2. The van der Waals surface area contributed by atoms with E-state index in [1.807, 2.05) is 18.9 Å². The Bertz CT molecular complexity index is 944. The molecule has 3 rings (SSSR count). The van der Waals surface area contributed by atoms with E-state index in [0.29, 0.717) is 22.3 Å². The number of carbonyl (C=O) groups is 1. The summed E-state index contributed by atoms with van der Waals surface area (Å²) in [6, 6.07) is 3.55. The minimum atomic E-state index is -4.66. The van der Waals surface area contributed by atoms with Crippen molar-refractivity contribution in [2.24, 2.45) is 5.92 Å². The summed E-state index contributed by atoms with van der Waals surface area (Å²) in [4.78, 5) is 14.4. The van der Waals surface area contributed by atoms with Crippen LogP contribution in [0.1, 0.15) is 41.4 Å². The van der Waals surface area contributed by atoms with Crippen LogP contribution in [0.3, 0.4) is 0 Å². The van der Waals surface area contributed by atoms with Gasteiger partial charge in [0.25, 0.3) is 5.91 Å². The fourth-order valence-corrected chi connectivity index (χ4v) is 4.07. The van der Waals surface area contributed by atoms with E-state index in [0.717, 1.165) is 37.7 Å². The van der Waals surface area contributed by atoms with Gasteiger partial charge in [-0.25, -0.2) is 0 Å². The number of benzene rings is 1. The number of amides is 1. The molecule has 0 bridgehead atoms. The van der Waals surface area contributed by atoms with Crippen LogP contribution in [0.2, 0.25) is 10.0 Å². The Balaban J connectivity index is 1.43. The molecule has 1 saturated heterocycles. The van der Waals surface area contributed by atoms with E-state index in [2.05, 4.69) is 15.3 Å². The molecule has 2 heterocycles. The quantitative estimate of drug-likeness (QED) is 0.573. The minimum Gasteiger partial charge on any atom is -0.489 e. The van der Waals surface area contributed by atoms with Crippen LogP contribution in [-0.2, 0) is 6.18 Å². The van der Waals surface area contributed by atoms with Crippen molar-refractivity contribution in [3.8, 4) is 5.75 Å². The standard InChI is InChI=1S/C21H25Cl2F3N4O2/c1-12(9-27-20(31)15-10-28-29-19(15)21(24,25)26)11-30-7-5-14(6-8-30)32-17-4-3-16(22)13(2)18(17)23/h3-4,10,12,14H,5-9,11H2,1-2H3,(H,27,31)(H,28,29)/t12-/m1/s1. The number of hydrogen-bond acceptors (Lipinski definition) is 4. The number of likely N-dealkylation sites (tertiary alicyclic amines) is 1. The van der Waals surface area contributed by atoms with Gasteiger partial charge < -0.3 is 15.0 Å². The number of H-pyrrole nitrogens is 1. The van der Waals surface area contributed by atoms with Crippen molar-refractivity contribution in [1.29, 1.82) is 0 Å². The van der Waals surface area contributed by atoms with Gasteiger partial charge in [0.2, 0.25) is 0 Å². The van der Waals surface area contributed by atoms with Crippen molar-refractivity contribution < 1.29 is 22.7 Å². The molecule has 0 saturated carbocycles. The third-order valence-electron chi connectivity index (χ3n) is 5.46. The first-order valence-corrected chi connectivity index (χ1v) is 11.0. The molecule has 1 aromatic carbocycles. The monoisotopic (exact) mass is 492 g/mol. The summed E-state index contributed by atoms with van der Waals surface area (Å²) in [7, 11) is 0. The number of nitrogens with one attached hydrogen (secondary N) is 2. The van der Waals surface area contributed by atoms with Gasteiger partial charge >= 0.3 is 6.18 Å². The molecule has 2 N–H and O–H groups in total. The third kappa shape index (κ3) is 6.08. The number of hydrogen-bond donors (Lipinski definition) is 2. The Morgan fingerprint density at radius 1 is 1.34 bits per heavy atom. The smallest absolute Gasteiger partial charge is 0.433 e. The number of halogens is 5. The highest BCUT2D eigenvalue weighted by Crippen LogP contribution is 2.34. The molecule has 2 aromatic rings. The van der Waals surface area contributed by atoms with Crippen LogP contribution < -0.4 is 10.1 Å². The van der Waals surface area contributed by atoms with Crippen LogP contribution >= 0.6 is 23.2 Å². The molecule has 176 valence electrons. The van der Waals surface area contributed by atoms with Gasteiger partial charge in [-0.15, -0.1) is 0 Å². The van der Waals surface area contributed by atoms with Crippen LogP contribution in [0.4, 0.5) is 13.2 Å². The van der Waals surface area contributed by atoms with E-state index in [1.165, 1.54) is 0 Å². The maximum Gasteiger partial charge on any atom is 0.433 e. The lowest BCUT2D eigenvalue weighted by Crippen LogP contribution is -2.42. The predicted octanol–water partition coefficient (Wildman–Crippen LogP) is 4.95. The van der Waals surface area contributed by atoms with Crippen molar-refractivity contribution in [1.82, 2.24) is 20.4 Å². The van der Waals surface area contributed by atoms with Gasteiger partial charge in [0.15, 0.2) is 5.69 Å². The van der Waals surface area contributed by atoms with Crippen LogP contribution in [0.15, 0.2) is 18.3 Å². The molecule has 0 unspecified atom stereocenters. The molecule has 1 aliphatic heterocycles. The van der Waals surface area contributed by atoms with E-state index in [1.54, 1.807) is 12.1 Å². The summed E-state index contributed by atoms with van der Waals surface area (Å²) < 4.78 is 44.8. The largest absolute Gasteiger partial charge is 0.489 e. The first-order valence-electron chi connectivity index (χ1n) is 10.3. The molecule has 1 amide bonds. The van der Waals surface area contributed by atoms with Crippen LogP contribution in [0.25, 0.3) is 0 Å². The lowest BCUT2D eigenvalue weighted by atomic mass is 10.0. The van der Waals surface area contributed by atoms with Gasteiger partial charge in [-0.05, 0) is 43.4 Å². The molecular weight excluding hydrogens is 468 g/mol. The predicted molar refractivity (Wildman–Crippen MR) is 116 cm³/mol. The zero-order chi connectivity index (χ0) is 23.5. The number of aromatic amines is 1. The Morgan fingerprint density at radius 3 is 2.69 bits per heavy atom. The number of ether oxygens (including phenoxy) is 1. The molecule has 0 spiro atoms. The molecule has 11 heteroatoms. The number of piperidine rings is 1. The Kier molecular flexibility index (Phi) is 7.95. The summed E-state index contributed by atoms with van der Waals surface area (Å²) in [6.45, 7) is 6.39. The number of nitrogens with zero attached hydrogens (tertiary/aromatic N) is 2. The SMILES string of the molecule is Cc1c(Cl)ccc(OC2CCN(C[C@H](C)CNC(=O)c3cn[nH]c3C(F)(F)F)CC2)c1Cl. The van der Waals surface area contributed by atoms with Gasteiger partial charge in [0.05, 0.1) is 16.8 Å². The Hall–Kier alpha value is -1.97. The molecule has 1 aliphatic rings. The number of rotatable bonds is 7. The van der Waals surface area contributed by atoms with E-state index < -0.39 is 23.3 Å². The molecule has 0 aliphatic carbocycles. The second kappa shape index (κ2) is 10.3. The van der Waals surface area contributed by atoms with Crippen LogP contribution in [0, 0.1) is 12.8 Å². The van der Waals surface area contributed by atoms with E-state index in [4.69, 9.17) is 27.9 Å². The first-order chi connectivity index (χ1) is 15.1. The maximum atomic E-state index is 12.9. The lowest BCUT2D eigenvalue weighted by molar-refractivity contribution is -0.141.